The summed E-state index contributed by atoms with van der Waals surface area (Å²) in [6.07, 6.45) is 2.82. The lowest BCUT2D eigenvalue weighted by Crippen LogP contribution is -2.50. The van der Waals surface area contributed by atoms with Gasteiger partial charge >= 0.3 is 0 Å². The van der Waals surface area contributed by atoms with Crippen molar-refractivity contribution in [1.82, 2.24) is 10.2 Å². The largest absolute Gasteiger partial charge is 0.392 e. The highest BCUT2D eigenvalue weighted by molar-refractivity contribution is 5.78. The van der Waals surface area contributed by atoms with Crippen molar-refractivity contribution in [2.24, 2.45) is 0 Å². The molecule has 2 rings (SSSR count). The van der Waals surface area contributed by atoms with Crippen molar-refractivity contribution in [3.63, 3.8) is 0 Å². The van der Waals surface area contributed by atoms with Crippen LogP contribution in [0.2, 0.25) is 0 Å². The van der Waals surface area contributed by atoms with Gasteiger partial charge in [0.25, 0.3) is 0 Å². The third kappa shape index (κ3) is 4.55. The summed E-state index contributed by atoms with van der Waals surface area (Å²) in [5.74, 6) is 0.0268. The molecule has 2 N–H and O–H groups in total. The minimum atomic E-state index is -0.385. The van der Waals surface area contributed by atoms with Crippen LogP contribution in [-0.4, -0.2) is 41.1 Å². The number of likely N-dealkylation sites (tertiary alicyclic amines) is 1. The van der Waals surface area contributed by atoms with Crippen LogP contribution in [0.1, 0.15) is 44.7 Å². The highest BCUT2D eigenvalue weighted by Crippen LogP contribution is 2.19. The van der Waals surface area contributed by atoms with Gasteiger partial charge in [-0.1, -0.05) is 36.8 Å². The average Bonchev–Trinajstić information content (AvgIpc) is 2.48. The van der Waals surface area contributed by atoms with Crippen molar-refractivity contribution in [3.05, 3.63) is 35.9 Å². The summed E-state index contributed by atoms with van der Waals surface area (Å²) in [7, 11) is 0. The molecule has 116 valence electrons. The number of carbonyl (C=O) groups excluding carboxylic acids is 1. The van der Waals surface area contributed by atoms with E-state index in [-0.39, 0.29) is 24.1 Å². The second-order valence-electron chi connectivity index (χ2n) is 5.97. The smallest absolute Gasteiger partial charge is 0.234 e. The Morgan fingerprint density at radius 3 is 2.71 bits per heavy atom. The van der Waals surface area contributed by atoms with Crippen LogP contribution in [0.4, 0.5) is 0 Å². The molecule has 3 atom stereocenters. The van der Waals surface area contributed by atoms with Crippen LogP contribution in [0.5, 0.6) is 0 Å². The highest BCUT2D eigenvalue weighted by atomic mass is 16.3. The number of amides is 1. The Morgan fingerprint density at radius 1 is 1.33 bits per heavy atom. The lowest BCUT2D eigenvalue weighted by molar-refractivity contribution is -0.124. The second-order valence-corrected chi connectivity index (χ2v) is 5.97. The van der Waals surface area contributed by atoms with Crippen molar-refractivity contribution in [1.29, 1.82) is 0 Å². The first-order chi connectivity index (χ1) is 10.1. The third-order valence-electron chi connectivity index (χ3n) is 4.24. The lowest BCUT2D eigenvalue weighted by atomic mass is 9.98. The Bertz CT molecular complexity index is 447. The van der Waals surface area contributed by atoms with Crippen LogP contribution < -0.4 is 5.32 Å². The molecular weight excluding hydrogens is 264 g/mol. The van der Waals surface area contributed by atoms with Gasteiger partial charge in [0.2, 0.25) is 5.91 Å². The van der Waals surface area contributed by atoms with Crippen LogP contribution in [0, 0.1) is 0 Å². The first-order valence-electron chi connectivity index (χ1n) is 7.84. The fourth-order valence-corrected chi connectivity index (χ4v) is 3.06. The average molecular weight is 290 g/mol. The van der Waals surface area contributed by atoms with Crippen LogP contribution in [0.25, 0.3) is 0 Å². The molecule has 1 heterocycles. The number of nitrogens with zero attached hydrogens (tertiary/aromatic N) is 1. The Kier molecular flexibility index (Phi) is 5.76. The summed E-state index contributed by atoms with van der Waals surface area (Å²) >= 11 is 0. The number of aliphatic hydroxyl groups excluding tert-OH is 1. The molecule has 1 aromatic rings. The van der Waals surface area contributed by atoms with Gasteiger partial charge in [0.1, 0.15) is 0 Å². The molecule has 1 amide bonds. The number of benzene rings is 1. The fraction of sp³-hybridized carbons (Fsp3) is 0.588. The van der Waals surface area contributed by atoms with Gasteiger partial charge in [-0.2, -0.15) is 0 Å². The topological polar surface area (TPSA) is 52.6 Å². The van der Waals surface area contributed by atoms with E-state index in [1.165, 1.54) is 0 Å². The zero-order chi connectivity index (χ0) is 15.2. The normalized spacial score (nSPS) is 22.5. The van der Waals surface area contributed by atoms with Crippen molar-refractivity contribution < 1.29 is 9.90 Å². The molecule has 0 saturated carbocycles. The Labute approximate surface area is 127 Å². The van der Waals surface area contributed by atoms with E-state index in [9.17, 15) is 9.90 Å². The standard InChI is InChI=1S/C17H26N2O2/c1-13(15-8-4-3-5-9-15)18-17(21)12-19-11-7-6-10-16(19)14(2)20/h3-5,8-9,13-14,16,20H,6-7,10-12H2,1-2H3,(H,18,21). The predicted molar refractivity (Wildman–Crippen MR) is 83.9 cm³/mol. The number of hydrogen-bond acceptors (Lipinski definition) is 3. The Morgan fingerprint density at radius 2 is 2.05 bits per heavy atom. The summed E-state index contributed by atoms with van der Waals surface area (Å²) in [6.45, 7) is 5.07. The molecule has 1 saturated heterocycles. The quantitative estimate of drug-likeness (QED) is 0.873. The summed E-state index contributed by atoms with van der Waals surface area (Å²) < 4.78 is 0. The molecule has 3 unspecified atom stereocenters. The fourth-order valence-electron chi connectivity index (χ4n) is 3.06. The molecule has 1 aliphatic rings. The molecule has 0 spiro atoms. The molecular formula is C17H26N2O2. The van der Waals surface area contributed by atoms with Gasteiger partial charge in [0.05, 0.1) is 18.7 Å². The van der Waals surface area contributed by atoms with E-state index in [0.29, 0.717) is 6.54 Å². The maximum atomic E-state index is 12.2. The van der Waals surface area contributed by atoms with E-state index in [0.717, 1.165) is 31.4 Å². The van der Waals surface area contributed by atoms with E-state index >= 15 is 0 Å². The first-order valence-corrected chi connectivity index (χ1v) is 7.84. The number of aliphatic hydroxyl groups is 1. The number of carbonyl (C=O) groups is 1. The number of piperidine rings is 1. The van der Waals surface area contributed by atoms with E-state index in [4.69, 9.17) is 0 Å². The van der Waals surface area contributed by atoms with Crippen LogP contribution in [-0.2, 0) is 4.79 Å². The molecule has 1 aromatic carbocycles. The Hall–Kier alpha value is -1.39. The lowest BCUT2D eigenvalue weighted by Gasteiger charge is -2.37. The minimum Gasteiger partial charge on any atom is -0.392 e. The van der Waals surface area contributed by atoms with Gasteiger partial charge in [-0.05, 0) is 38.8 Å². The van der Waals surface area contributed by atoms with Gasteiger partial charge in [-0.3, -0.25) is 9.69 Å². The predicted octanol–water partition coefficient (Wildman–Crippen LogP) is 2.10. The SMILES string of the molecule is CC(NC(=O)CN1CCCCC1C(C)O)c1ccccc1. The van der Waals surface area contributed by atoms with Crippen LogP contribution in [0.3, 0.4) is 0 Å². The van der Waals surface area contributed by atoms with Crippen LogP contribution in [0.15, 0.2) is 30.3 Å². The molecule has 1 fully saturated rings. The zero-order valence-electron chi connectivity index (χ0n) is 13.0. The monoisotopic (exact) mass is 290 g/mol. The van der Waals surface area contributed by atoms with Crippen LogP contribution >= 0.6 is 0 Å². The molecule has 4 nitrogen and oxygen atoms in total. The zero-order valence-corrected chi connectivity index (χ0v) is 13.0. The summed E-state index contributed by atoms with van der Waals surface area (Å²) in [4.78, 5) is 14.3. The highest BCUT2D eigenvalue weighted by Gasteiger charge is 2.27. The second kappa shape index (κ2) is 7.57. The molecule has 21 heavy (non-hydrogen) atoms. The van der Waals surface area contributed by atoms with E-state index in [2.05, 4.69) is 10.2 Å². The number of hydrogen-bond donors (Lipinski definition) is 2. The first kappa shape index (κ1) is 16.0. The molecule has 1 aliphatic heterocycles. The van der Waals surface area contributed by atoms with Crippen molar-refractivity contribution in [2.45, 2.75) is 51.3 Å². The van der Waals surface area contributed by atoms with E-state index in [1.54, 1.807) is 0 Å². The minimum absolute atomic E-state index is 0.00786. The maximum absolute atomic E-state index is 12.2. The van der Waals surface area contributed by atoms with Gasteiger partial charge in [-0.15, -0.1) is 0 Å². The van der Waals surface area contributed by atoms with Gasteiger partial charge in [0, 0.05) is 6.04 Å². The van der Waals surface area contributed by atoms with Gasteiger partial charge < -0.3 is 10.4 Å². The number of nitrogens with one attached hydrogen (secondary N) is 1. The van der Waals surface area contributed by atoms with Crippen molar-refractivity contribution >= 4 is 5.91 Å². The van der Waals surface area contributed by atoms with E-state index < -0.39 is 0 Å². The molecule has 0 radical (unpaired) electrons. The molecule has 0 aliphatic carbocycles. The Balaban J connectivity index is 1.88. The van der Waals surface area contributed by atoms with Crippen molar-refractivity contribution in [2.75, 3.05) is 13.1 Å². The summed E-state index contributed by atoms with van der Waals surface area (Å²) in [6, 6.07) is 10.1. The third-order valence-corrected chi connectivity index (χ3v) is 4.24. The van der Waals surface area contributed by atoms with Crippen molar-refractivity contribution in [3.8, 4) is 0 Å². The number of rotatable bonds is 5. The van der Waals surface area contributed by atoms with Gasteiger partial charge in [-0.25, -0.2) is 0 Å². The summed E-state index contributed by atoms with van der Waals surface area (Å²) in [5, 5.41) is 12.9. The molecule has 0 aromatic heterocycles. The molecule has 0 bridgehead atoms. The maximum Gasteiger partial charge on any atom is 0.234 e. The molecule has 4 heteroatoms. The summed E-state index contributed by atoms with van der Waals surface area (Å²) in [5.41, 5.74) is 1.11. The van der Waals surface area contributed by atoms with E-state index in [1.807, 2.05) is 44.2 Å². The van der Waals surface area contributed by atoms with Gasteiger partial charge in [0.15, 0.2) is 0 Å².